The first kappa shape index (κ1) is 22.5. The minimum absolute atomic E-state index is 0.0281. The second kappa shape index (κ2) is 8.91. The van der Waals surface area contributed by atoms with Crippen LogP contribution in [0.25, 0.3) is 10.9 Å². The fraction of sp³-hybridized carbons (Fsp3) is 0.273. The molecule has 0 aliphatic carbocycles. The lowest BCUT2D eigenvalue weighted by atomic mass is 10.1. The lowest BCUT2D eigenvalue weighted by Crippen LogP contribution is -2.34. The van der Waals surface area contributed by atoms with E-state index >= 15 is 0 Å². The van der Waals surface area contributed by atoms with Gasteiger partial charge in [0.15, 0.2) is 0 Å². The third-order valence-electron chi connectivity index (χ3n) is 4.97. The molecule has 0 atom stereocenters. The lowest BCUT2D eigenvalue weighted by molar-refractivity contribution is 0.0950. The molecule has 1 amide bonds. The van der Waals surface area contributed by atoms with Crippen LogP contribution in [0.5, 0.6) is 0 Å². The number of carbonyl (C=O) groups excluding carboxylic acids is 1. The molecule has 0 saturated heterocycles. The molecule has 3 rings (SSSR count). The van der Waals surface area contributed by atoms with Gasteiger partial charge in [0.25, 0.3) is 15.9 Å². The molecule has 0 fully saturated rings. The number of likely N-dealkylation sites (N-methyl/N-ethyl adjacent to an activating group) is 1. The molecule has 3 aromatic rings. The van der Waals surface area contributed by atoms with Crippen molar-refractivity contribution in [1.29, 1.82) is 0 Å². The van der Waals surface area contributed by atoms with Gasteiger partial charge in [0.1, 0.15) is 5.56 Å². The number of hydrogen-bond donors (Lipinski definition) is 2. The van der Waals surface area contributed by atoms with Crippen molar-refractivity contribution in [2.45, 2.75) is 11.8 Å². The van der Waals surface area contributed by atoms with Crippen LogP contribution in [-0.4, -0.2) is 58.4 Å². The van der Waals surface area contributed by atoms with Crippen LogP contribution in [0.4, 0.5) is 5.69 Å². The third kappa shape index (κ3) is 4.78. The van der Waals surface area contributed by atoms with E-state index in [2.05, 4.69) is 10.3 Å². The Morgan fingerprint density at radius 3 is 2.52 bits per heavy atom. The summed E-state index contributed by atoms with van der Waals surface area (Å²) in [5.41, 5.74) is 1.31. The molecule has 0 radical (unpaired) electrons. The van der Waals surface area contributed by atoms with E-state index in [1.54, 1.807) is 18.2 Å². The topological polar surface area (TPSA) is 103 Å². The highest BCUT2D eigenvalue weighted by molar-refractivity contribution is 7.92. The molecule has 164 valence electrons. The van der Waals surface area contributed by atoms with Crippen molar-refractivity contribution < 1.29 is 13.2 Å². The maximum atomic E-state index is 13.2. The number of rotatable bonds is 7. The van der Waals surface area contributed by atoms with Crippen molar-refractivity contribution in [2.24, 2.45) is 0 Å². The van der Waals surface area contributed by atoms with Crippen molar-refractivity contribution >= 4 is 32.5 Å². The molecule has 0 aliphatic rings. The molecule has 9 heteroatoms. The van der Waals surface area contributed by atoms with E-state index in [4.69, 9.17) is 0 Å². The largest absolute Gasteiger partial charge is 0.360 e. The molecule has 2 N–H and O–H groups in total. The molecule has 8 nitrogen and oxygen atoms in total. The number of aromatic amines is 1. The van der Waals surface area contributed by atoms with Crippen LogP contribution in [0.1, 0.15) is 15.9 Å². The maximum Gasteiger partial charge on any atom is 0.264 e. The number of aryl methyl sites for hydroxylation is 1. The summed E-state index contributed by atoms with van der Waals surface area (Å²) >= 11 is 0. The van der Waals surface area contributed by atoms with Crippen LogP contribution < -0.4 is 15.1 Å². The highest BCUT2D eigenvalue weighted by atomic mass is 32.2. The molecule has 0 bridgehead atoms. The number of anilines is 1. The van der Waals surface area contributed by atoms with Crippen LogP contribution in [0.2, 0.25) is 0 Å². The molecule has 2 aromatic carbocycles. The molecule has 1 aromatic heterocycles. The maximum absolute atomic E-state index is 13.2. The summed E-state index contributed by atoms with van der Waals surface area (Å²) < 4.78 is 27.5. The second-order valence-electron chi connectivity index (χ2n) is 7.61. The molecule has 0 unspecified atom stereocenters. The number of aromatic nitrogens is 1. The number of sulfonamides is 1. The Bertz CT molecular complexity index is 1280. The predicted molar refractivity (Wildman–Crippen MR) is 122 cm³/mol. The standard InChI is InChI=1S/C22H26N4O4S/c1-15-6-5-7-16(12-15)26(4)31(29,30)17-8-9-20-18(13-17)21(27)19(14-24-20)22(28)23-10-11-25(2)3/h5-9,12-14H,10-11H2,1-4H3,(H,23,28)(H,24,27). The van der Waals surface area contributed by atoms with E-state index in [-0.39, 0.29) is 15.8 Å². The van der Waals surface area contributed by atoms with Crippen molar-refractivity contribution in [1.82, 2.24) is 15.2 Å². The predicted octanol–water partition coefficient (Wildman–Crippen LogP) is 1.95. The first-order valence-corrected chi connectivity index (χ1v) is 11.2. The summed E-state index contributed by atoms with van der Waals surface area (Å²) in [4.78, 5) is 30.1. The first-order valence-electron chi connectivity index (χ1n) is 9.75. The Morgan fingerprint density at radius 1 is 1.10 bits per heavy atom. The highest BCUT2D eigenvalue weighted by Gasteiger charge is 2.23. The number of nitrogens with zero attached hydrogens (tertiary/aromatic N) is 2. The van der Waals surface area contributed by atoms with E-state index in [1.807, 2.05) is 32.0 Å². The molecular weight excluding hydrogens is 416 g/mol. The van der Waals surface area contributed by atoms with E-state index in [9.17, 15) is 18.0 Å². The van der Waals surface area contributed by atoms with Crippen LogP contribution >= 0.6 is 0 Å². The van der Waals surface area contributed by atoms with Gasteiger partial charge in [-0.25, -0.2) is 8.42 Å². The Balaban J connectivity index is 1.98. The zero-order chi connectivity index (χ0) is 22.8. The quantitative estimate of drug-likeness (QED) is 0.582. The minimum atomic E-state index is -3.90. The van der Waals surface area contributed by atoms with Gasteiger partial charge in [-0.2, -0.15) is 0 Å². The summed E-state index contributed by atoms with van der Waals surface area (Å²) in [5, 5.41) is 2.84. The molecule has 0 aliphatic heterocycles. The molecular formula is C22H26N4O4S. The number of carbonyl (C=O) groups is 1. The van der Waals surface area contributed by atoms with Gasteiger partial charge in [0, 0.05) is 37.2 Å². The number of H-pyrrole nitrogens is 1. The molecule has 0 spiro atoms. The van der Waals surface area contributed by atoms with E-state index in [0.717, 1.165) is 5.56 Å². The smallest absolute Gasteiger partial charge is 0.264 e. The van der Waals surface area contributed by atoms with Crippen molar-refractivity contribution in [3.63, 3.8) is 0 Å². The van der Waals surface area contributed by atoms with Crippen molar-refractivity contribution in [3.05, 3.63) is 70.0 Å². The first-order chi connectivity index (χ1) is 14.6. The van der Waals surface area contributed by atoms with Gasteiger partial charge in [-0.05, 0) is 56.9 Å². The molecule has 31 heavy (non-hydrogen) atoms. The number of benzene rings is 2. The zero-order valence-electron chi connectivity index (χ0n) is 18.0. The fourth-order valence-electron chi connectivity index (χ4n) is 3.14. The summed E-state index contributed by atoms with van der Waals surface area (Å²) in [7, 11) is 1.33. The summed E-state index contributed by atoms with van der Waals surface area (Å²) in [6.45, 7) is 2.90. The minimum Gasteiger partial charge on any atom is -0.360 e. The van der Waals surface area contributed by atoms with Gasteiger partial charge in [-0.1, -0.05) is 12.1 Å². The monoisotopic (exact) mass is 442 g/mol. The van der Waals surface area contributed by atoms with Gasteiger partial charge in [0.05, 0.1) is 10.6 Å². The Morgan fingerprint density at radius 2 is 1.84 bits per heavy atom. The van der Waals surface area contributed by atoms with Crippen LogP contribution in [0.15, 0.2) is 58.4 Å². The van der Waals surface area contributed by atoms with Gasteiger partial charge in [-0.15, -0.1) is 0 Å². The van der Waals surface area contributed by atoms with E-state index < -0.39 is 21.4 Å². The SMILES string of the molecule is Cc1cccc(N(C)S(=O)(=O)c2ccc3[nH]cc(C(=O)NCCN(C)C)c(=O)c3c2)c1. The summed E-state index contributed by atoms with van der Waals surface area (Å²) in [6.07, 6.45) is 1.35. The van der Waals surface area contributed by atoms with Crippen LogP contribution in [0.3, 0.4) is 0 Å². The van der Waals surface area contributed by atoms with E-state index in [0.29, 0.717) is 24.3 Å². The Hall–Kier alpha value is -3.17. The lowest BCUT2D eigenvalue weighted by Gasteiger charge is -2.20. The molecule has 1 heterocycles. The number of nitrogens with one attached hydrogen (secondary N) is 2. The molecule has 0 saturated carbocycles. The van der Waals surface area contributed by atoms with Crippen LogP contribution in [0, 0.1) is 6.92 Å². The average molecular weight is 443 g/mol. The van der Waals surface area contributed by atoms with Crippen molar-refractivity contribution in [2.75, 3.05) is 38.5 Å². The van der Waals surface area contributed by atoms with Crippen LogP contribution in [-0.2, 0) is 10.0 Å². The Kier molecular flexibility index (Phi) is 6.47. The number of fused-ring (bicyclic) bond motifs is 1. The van der Waals surface area contributed by atoms with Gasteiger partial charge in [0.2, 0.25) is 5.43 Å². The van der Waals surface area contributed by atoms with Gasteiger partial charge in [-0.3, -0.25) is 13.9 Å². The Labute approximate surface area is 181 Å². The zero-order valence-corrected chi connectivity index (χ0v) is 18.8. The average Bonchev–Trinajstić information content (AvgIpc) is 2.72. The van der Waals surface area contributed by atoms with Gasteiger partial charge < -0.3 is 15.2 Å². The van der Waals surface area contributed by atoms with Gasteiger partial charge >= 0.3 is 0 Å². The summed E-state index contributed by atoms with van der Waals surface area (Å²) in [6, 6.07) is 11.4. The highest BCUT2D eigenvalue weighted by Crippen LogP contribution is 2.24. The number of pyridine rings is 1. The third-order valence-corrected chi connectivity index (χ3v) is 6.75. The number of hydrogen-bond acceptors (Lipinski definition) is 5. The second-order valence-corrected chi connectivity index (χ2v) is 9.58. The van der Waals surface area contributed by atoms with Crippen molar-refractivity contribution in [3.8, 4) is 0 Å². The number of amides is 1. The fourth-order valence-corrected chi connectivity index (χ4v) is 4.35. The summed E-state index contributed by atoms with van der Waals surface area (Å²) in [5.74, 6) is -0.505. The normalized spacial score (nSPS) is 11.6. The van der Waals surface area contributed by atoms with E-state index in [1.165, 1.54) is 35.7 Å².